The molecule has 1 aliphatic rings. The van der Waals surface area contributed by atoms with Crippen LogP contribution in [-0.2, 0) is 9.53 Å². The second kappa shape index (κ2) is 6.23. The van der Waals surface area contributed by atoms with E-state index >= 15 is 0 Å². The van der Waals surface area contributed by atoms with Crippen LogP contribution in [0.4, 0.5) is 0 Å². The Kier molecular flexibility index (Phi) is 5.39. The van der Waals surface area contributed by atoms with Crippen LogP contribution in [0.5, 0.6) is 0 Å². The van der Waals surface area contributed by atoms with Gasteiger partial charge in [-0.05, 0) is 51.6 Å². The Morgan fingerprint density at radius 2 is 2.00 bits per heavy atom. The van der Waals surface area contributed by atoms with Crippen molar-refractivity contribution in [2.75, 3.05) is 20.2 Å². The van der Waals surface area contributed by atoms with E-state index in [-0.39, 0.29) is 5.97 Å². The van der Waals surface area contributed by atoms with Crippen molar-refractivity contribution in [3.05, 3.63) is 0 Å². The fraction of sp³-hybridized carbons (Fsp3) is 0.933. The Labute approximate surface area is 117 Å². The number of ether oxygens (including phenoxy) is 1. The van der Waals surface area contributed by atoms with E-state index in [0.29, 0.717) is 17.9 Å². The summed E-state index contributed by atoms with van der Waals surface area (Å²) in [7, 11) is 1.39. The van der Waals surface area contributed by atoms with Gasteiger partial charge in [-0.15, -0.1) is 0 Å². The van der Waals surface area contributed by atoms with Gasteiger partial charge in [0.1, 0.15) is 5.54 Å². The van der Waals surface area contributed by atoms with Crippen LogP contribution in [0.25, 0.3) is 0 Å². The maximum atomic E-state index is 11.6. The third-order valence-corrected chi connectivity index (χ3v) is 4.85. The highest BCUT2D eigenvalue weighted by Crippen LogP contribution is 2.35. The number of hydrogen-bond acceptors (Lipinski definition) is 4. The minimum atomic E-state index is -0.889. The molecule has 1 saturated heterocycles. The first-order valence-electron chi connectivity index (χ1n) is 7.35. The summed E-state index contributed by atoms with van der Waals surface area (Å²) in [5.41, 5.74) is 5.66. The van der Waals surface area contributed by atoms with E-state index in [1.165, 1.54) is 26.4 Å². The smallest absolute Gasteiger partial charge is 0.325 e. The summed E-state index contributed by atoms with van der Waals surface area (Å²) in [6.07, 6.45) is 4.34. The van der Waals surface area contributed by atoms with Crippen molar-refractivity contribution in [2.45, 2.75) is 65.0 Å². The topological polar surface area (TPSA) is 55.6 Å². The van der Waals surface area contributed by atoms with Crippen LogP contribution in [0.3, 0.4) is 0 Å². The van der Waals surface area contributed by atoms with E-state index in [1.807, 2.05) is 0 Å². The zero-order valence-corrected chi connectivity index (χ0v) is 13.2. The van der Waals surface area contributed by atoms with Crippen LogP contribution >= 0.6 is 0 Å². The number of hydrogen-bond donors (Lipinski definition) is 1. The minimum absolute atomic E-state index is 0.315. The third kappa shape index (κ3) is 4.18. The van der Waals surface area contributed by atoms with Gasteiger partial charge in [0.15, 0.2) is 0 Å². The van der Waals surface area contributed by atoms with Crippen LogP contribution in [-0.4, -0.2) is 42.6 Å². The number of nitrogens with two attached hydrogens (primary N) is 1. The first kappa shape index (κ1) is 16.4. The summed E-state index contributed by atoms with van der Waals surface area (Å²) in [4.78, 5) is 14.1. The number of piperidine rings is 1. The molecule has 19 heavy (non-hydrogen) atoms. The van der Waals surface area contributed by atoms with Crippen molar-refractivity contribution in [3.8, 4) is 0 Å². The van der Waals surface area contributed by atoms with Crippen LogP contribution in [0, 0.1) is 5.41 Å². The van der Waals surface area contributed by atoms with Gasteiger partial charge in [0.05, 0.1) is 7.11 Å². The first-order valence-corrected chi connectivity index (χ1v) is 7.35. The summed E-state index contributed by atoms with van der Waals surface area (Å²) in [5.74, 6) is -0.324. The molecule has 4 heteroatoms. The quantitative estimate of drug-likeness (QED) is 0.778. The molecule has 2 unspecified atom stereocenters. The molecular weight excluding hydrogens is 240 g/mol. The number of esters is 1. The van der Waals surface area contributed by atoms with Crippen molar-refractivity contribution in [2.24, 2.45) is 11.1 Å². The summed E-state index contributed by atoms with van der Waals surface area (Å²) >= 11 is 0. The lowest BCUT2D eigenvalue weighted by atomic mass is 9.77. The highest BCUT2D eigenvalue weighted by atomic mass is 16.5. The molecule has 0 aromatic carbocycles. The monoisotopic (exact) mass is 270 g/mol. The van der Waals surface area contributed by atoms with Gasteiger partial charge in [0.2, 0.25) is 0 Å². The lowest BCUT2D eigenvalue weighted by molar-refractivity contribution is -0.147. The summed E-state index contributed by atoms with van der Waals surface area (Å²) in [6, 6.07) is 0.315. The molecule has 112 valence electrons. The Morgan fingerprint density at radius 3 is 2.42 bits per heavy atom. The molecule has 0 spiro atoms. The average molecular weight is 270 g/mol. The molecule has 0 bridgehead atoms. The van der Waals surface area contributed by atoms with Crippen molar-refractivity contribution in [3.63, 3.8) is 0 Å². The lowest BCUT2D eigenvalue weighted by Crippen LogP contribution is -2.52. The second-order valence-electron chi connectivity index (χ2n) is 6.66. The second-order valence-corrected chi connectivity index (χ2v) is 6.66. The Hall–Kier alpha value is -0.610. The molecule has 2 atom stereocenters. The fourth-order valence-corrected chi connectivity index (χ4v) is 2.92. The normalized spacial score (nSPS) is 24.5. The molecular formula is C15H30N2O2. The van der Waals surface area contributed by atoms with Gasteiger partial charge in [0, 0.05) is 6.04 Å². The molecule has 0 aromatic heterocycles. The van der Waals surface area contributed by atoms with Crippen LogP contribution in [0.15, 0.2) is 0 Å². The lowest BCUT2D eigenvalue weighted by Gasteiger charge is -2.42. The van der Waals surface area contributed by atoms with Gasteiger partial charge >= 0.3 is 5.97 Å². The maximum Gasteiger partial charge on any atom is 0.325 e. The molecule has 0 aromatic rings. The highest BCUT2D eigenvalue weighted by Gasteiger charge is 2.35. The molecule has 1 aliphatic heterocycles. The van der Waals surface area contributed by atoms with Gasteiger partial charge < -0.3 is 15.4 Å². The predicted octanol–water partition coefficient (Wildman–Crippen LogP) is 2.17. The van der Waals surface area contributed by atoms with E-state index in [2.05, 4.69) is 25.7 Å². The first-order chi connectivity index (χ1) is 8.74. The summed E-state index contributed by atoms with van der Waals surface area (Å²) in [6.45, 7) is 10.8. The van der Waals surface area contributed by atoms with E-state index in [4.69, 9.17) is 10.5 Å². The molecule has 2 N–H and O–H groups in total. The third-order valence-electron chi connectivity index (χ3n) is 4.85. The zero-order valence-electron chi connectivity index (χ0n) is 13.2. The van der Waals surface area contributed by atoms with E-state index in [9.17, 15) is 4.79 Å². The fourth-order valence-electron chi connectivity index (χ4n) is 2.92. The van der Waals surface area contributed by atoms with Crippen molar-refractivity contribution in [1.82, 2.24) is 4.90 Å². The van der Waals surface area contributed by atoms with E-state index in [0.717, 1.165) is 13.1 Å². The van der Waals surface area contributed by atoms with E-state index in [1.54, 1.807) is 6.92 Å². The molecule has 0 saturated carbocycles. The van der Waals surface area contributed by atoms with Crippen molar-refractivity contribution < 1.29 is 9.53 Å². The van der Waals surface area contributed by atoms with Crippen LogP contribution in [0.2, 0.25) is 0 Å². The van der Waals surface area contributed by atoms with Gasteiger partial charge in [-0.3, -0.25) is 4.79 Å². The highest BCUT2D eigenvalue weighted by molar-refractivity contribution is 5.79. The number of nitrogens with zero attached hydrogens (tertiary/aromatic N) is 1. The average Bonchev–Trinajstić information content (AvgIpc) is 2.37. The van der Waals surface area contributed by atoms with Crippen molar-refractivity contribution in [1.29, 1.82) is 0 Å². The Balaban J connectivity index is 2.52. The minimum Gasteiger partial charge on any atom is -0.468 e. The number of carbonyl (C=O) groups is 1. The van der Waals surface area contributed by atoms with Gasteiger partial charge in [-0.25, -0.2) is 0 Å². The maximum absolute atomic E-state index is 11.6. The molecule has 1 rings (SSSR count). The van der Waals surface area contributed by atoms with E-state index < -0.39 is 5.54 Å². The van der Waals surface area contributed by atoms with Gasteiger partial charge in [0.25, 0.3) is 0 Å². The largest absolute Gasteiger partial charge is 0.468 e. The summed E-state index contributed by atoms with van der Waals surface area (Å²) in [5, 5.41) is 0. The molecule has 1 heterocycles. The SMILES string of the molecule is CCC1(C)CCN(C(C)CC(C)(N)C(=O)OC)CC1. The summed E-state index contributed by atoms with van der Waals surface area (Å²) < 4.78 is 4.77. The molecule has 1 fully saturated rings. The number of methoxy groups -OCH3 is 1. The standard InChI is InChI=1S/C15H30N2O2/c1-6-14(3)7-9-17(10-8-14)12(2)11-15(4,16)13(18)19-5/h12H,6-11,16H2,1-5H3. The molecule has 0 radical (unpaired) electrons. The number of likely N-dealkylation sites (tertiary alicyclic amines) is 1. The Morgan fingerprint density at radius 1 is 1.47 bits per heavy atom. The number of carbonyl (C=O) groups excluding carboxylic acids is 1. The molecule has 4 nitrogen and oxygen atoms in total. The van der Waals surface area contributed by atoms with Gasteiger partial charge in [-0.2, -0.15) is 0 Å². The Bertz CT molecular complexity index is 307. The zero-order chi connectivity index (χ0) is 14.7. The van der Waals surface area contributed by atoms with Crippen LogP contribution < -0.4 is 5.73 Å². The number of rotatable bonds is 5. The molecule has 0 amide bonds. The van der Waals surface area contributed by atoms with Crippen LogP contribution in [0.1, 0.15) is 53.4 Å². The van der Waals surface area contributed by atoms with Crippen molar-refractivity contribution >= 4 is 5.97 Å². The predicted molar refractivity (Wildman–Crippen MR) is 77.9 cm³/mol. The van der Waals surface area contributed by atoms with Gasteiger partial charge in [-0.1, -0.05) is 20.3 Å². The molecule has 0 aliphatic carbocycles.